The maximum atomic E-state index is 11.9. The molecule has 0 aromatic rings. The molecule has 1 aliphatic carbocycles. The van der Waals surface area contributed by atoms with Gasteiger partial charge in [-0.25, -0.2) is 0 Å². The first-order chi connectivity index (χ1) is 9.66. The largest absolute Gasteiger partial charge is 1.00 e. The smallest absolute Gasteiger partial charge is 0.550 e. The Morgan fingerprint density at radius 2 is 1.76 bits per heavy atom. The van der Waals surface area contributed by atoms with Crippen LogP contribution >= 0.6 is 0 Å². The molecule has 1 fully saturated rings. The number of esters is 1. The molecule has 0 radical (unpaired) electrons. The molecule has 0 bridgehead atoms. The van der Waals surface area contributed by atoms with Crippen LogP contribution < -0.4 is 34.7 Å². The average Bonchev–Trinajstić information content (AvgIpc) is 2.46. The van der Waals surface area contributed by atoms with E-state index in [9.17, 15) is 14.7 Å². The third kappa shape index (κ3) is 8.03. The Labute approximate surface area is 149 Å². The van der Waals surface area contributed by atoms with Crippen molar-refractivity contribution in [3.05, 3.63) is 12.2 Å². The number of unbranched alkanes of at least 4 members (excludes halogenated alkanes) is 2. The normalized spacial score (nSPS) is 21.8. The number of carbonyl (C=O) groups excluding carboxylic acids is 2. The summed E-state index contributed by atoms with van der Waals surface area (Å²) in [6, 6.07) is 0. The molecule has 0 aliphatic heterocycles. The summed E-state index contributed by atoms with van der Waals surface area (Å²) in [5.74, 6) is -2.66. The van der Waals surface area contributed by atoms with Gasteiger partial charge in [-0.1, -0.05) is 38.3 Å². The molecule has 5 heteroatoms. The fourth-order valence-electron chi connectivity index (χ4n) is 2.58. The Kier molecular flexibility index (Phi) is 12.1. The molecular formula is C16H25NaO4. The molecule has 1 aliphatic rings. The number of carbonyl (C=O) groups is 2. The third-order valence-corrected chi connectivity index (χ3v) is 3.75. The van der Waals surface area contributed by atoms with Crippen LogP contribution in [0, 0.1) is 11.8 Å². The van der Waals surface area contributed by atoms with Crippen LogP contribution in [0.1, 0.15) is 58.3 Å². The van der Waals surface area contributed by atoms with Crippen molar-refractivity contribution >= 4 is 11.9 Å². The van der Waals surface area contributed by atoms with Crippen molar-refractivity contribution < 1.29 is 49.0 Å². The van der Waals surface area contributed by atoms with E-state index in [0.717, 1.165) is 38.5 Å². The number of allylic oxidation sites excluding steroid dienone is 2. The van der Waals surface area contributed by atoms with Crippen LogP contribution in [0.3, 0.4) is 0 Å². The molecule has 1 rings (SSSR count). The van der Waals surface area contributed by atoms with E-state index in [1.807, 2.05) is 0 Å². The van der Waals surface area contributed by atoms with Crippen LogP contribution in [-0.4, -0.2) is 18.5 Å². The van der Waals surface area contributed by atoms with Crippen LogP contribution in [0.15, 0.2) is 12.2 Å². The second-order valence-electron chi connectivity index (χ2n) is 5.39. The standard InChI is InChI=1S/C16H26O4.Na/c1-2-3-4-5-6-9-12-20-16(19)14-11-8-7-10-13(14)15(17)18;/h4-5,13-14H,2-3,6-12H2,1H3,(H,17,18);/q;+1/p-1/b5-4+;. The molecule has 0 amide bonds. The maximum absolute atomic E-state index is 11.9. The Balaban J connectivity index is 0.00000400. The van der Waals surface area contributed by atoms with Crippen molar-refractivity contribution in [3.8, 4) is 0 Å². The zero-order valence-corrected chi connectivity index (χ0v) is 15.3. The second-order valence-corrected chi connectivity index (χ2v) is 5.39. The summed E-state index contributed by atoms with van der Waals surface area (Å²) in [5, 5.41) is 11.0. The predicted molar refractivity (Wildman–Crippen MR) is 74.7 cm³/mol. The van der Waals surface area contributed by atoms with Crippen LogP contribution in [0.5, 0.6) is 0 Å². The fourth-order valence-corrected chi connectivity index (χ4v) is 2.58. The van der Waals surface area contributed by atoms with Crippen molar-refractivity contribution in [2.45, 2.75) is 58.3 Å². The Hall–Kier alpha value is -0.320. The van der Waals surface area contributed by atoms with Crippen LogP contribution in [-0.2, 0) is 14.3 Å². The average molecular weight is 304 g/mol. The van der Waals surface area contributed by atoms with Gasteiger partial charge in [0, 0.05) is 11.9 Å². The second kappa shape index (κ2) is 12.2. The number of carboxylic acid groups (broad SMARTS) is 1. The number of hydrogen-bond donors (Lipinski definition) is 0. The van der Waals surface area contributed by atoms with Gasteiger partial charge in [-0.3, -0.25) is 4.79 Å². The van der Waals surface area contributed by atoms with Gasteiger partial charge < -0.3 is 14.6 Å². The summed E-state index contributed by atoms with van der Waals surface area (Å²) in [6.45, 7) is 2.50. The first-order valence-electron chi connectivity index (χ1n) is 7.69. The van der Waals surface area contributed by atoms with Gasteiger partial charge >= 0.3 is 35.5 Å². The van der Waals surface area contributed by atoms with E-state index in [4.69, 9.17) is 4.74 Å². The molecular weight excluding hydrogens is 279 g/mol. The molecule has 0 spiro atoms. The Morgan fingerprint density at radius 3 is 2.38 bits per heavy atom. The van der Waals surface area contributed by atoms with Gasteiger partial charge in [0.1, 0.15) is 0 Å². The van der Waals surface area contributed by atoms with Crippen molar-refractivity contribution in [1.29, 1.82) is 0 Å². The van der Waals surface area contributed by atoms with Crippen LogP contribution in [0.4, 0.5) is 0 Å². The van der Waals surface area contributed by atoms with E-state index < -0.39 is 17.8 Å². The van der Waals surface area contributed by atoms with E-state index in [1.165, 1.54) is 0 Å². The zero-order valence-electron chi connectivity index (χ0n) is 13.3. The molecule has 21 heavy (non-hydrogen) atoms. The molecule has 114 valence electrons. The van der Waals surface area contributed by atoms with Gasteiger partial charge in [0.15, 0.2) is 0 Å². The van der Waals surface area contributed by atoms with Crippen molar-refractivity contribution in [2.24, 2.45) is 11.8 Å². The maximum Gasteiger partial charge on any atom is 1.00 e. The van der Waals surface area contributed by atoms with Gasteiger partial charge in [0.25, 0.3) is 0 Å². The zero-order chi connectivity index (χ0) is 14.8. The van der Waals surface area contributed by atoms with E-state index in [2.05, 4.69) is 19.1 Å². The van der Waals surface area contributed by atoms with Crippen molar-refractivity contribution in [2.75, 3.05) is 6.61 Å². The van der Waals surface area contributed by atoms with Gasteiger partial charge in [-0.05, 0) is 32.1 Å². The molecule has 2 unspecified atom stereocenters. The molecule has 2 atom stereocenters. The molecule has 0 heterocycles. The fraction of sp³-hybridized carbons (Fsp3) is 0.750. The predicted octanol–water partition coefficient (Wildman–Crippen LogP) is -0.774. The van der Waals surface area contributed by atoms with Gasteiger partial charge in [0.05, 0.1) is 12.5 Å². The number of ether oxygens (including phenoxy) is 1. The summed E-state index contributed by atoms with van der Waals surface area (Å²) in [4.78, 5) is 22.9. The minimum Gasteiger partial charge on any atom is -0.550 e. The minimum atomic E-state index is -1.12. The summed E-state index contributed by atoms with van der Waals surface area (Å²) in [7, 11) is 0. The summed E-state index contributed by atoms with van der Waals surface area (Å²) < 4.78 is 5.20. The minimum absolute atomic E-state index is 0. The molecule has 0 aromatic heterocycles. The van der Waals surface area contributed by atoms with Gasteiger partial charge in [-0.2, -0.15) is 0 Å². The van der Waals surface area contributed by atoms with E-state index >= 15 is 0 Å². The Bertz CT molecular complexity index is 341. The SMILES string of the molecule is CCC/C=C/CCCOC(=O)C1CCCCC1C(=O)[O-].[Na+]. The monoisotopic (exact) mass is 304 g/mol. The topological polar surface area (TPSA) is 66.4 Å². The Morgan fingerprint density at radius 1 is 1.14 bits per heavy atom. The van der Waals surface area contributed by atoms with E-state index in [1.54, 1.807) is 0 Å². The van der Waals surface area contributed by atoms with Crippen molar-refractivity contribution in [3.63, 3.8) is 0 Å². The van der Waals surface area contributed by atoms with Gasteiger partial charge in [-0.15, -0.1) is 0 Å². The van der Waals surface area contributed by atoms with Crippen molar-refractivity contribution in [1.82, 2.24) is 0 Å². The van der Waals surface area contributed by atoms with Crippen LogP contribution in [0.2, 0.25) is 0 Å². The summed E-state index contributed by atoms with van der Waals surface area (Å²) in [6.07, 6.45) is 11.0. The quantitative estimate of drug-likeness (QED) is 0.255. The van der Waals surface area contributed by atoms with Crippen LogP contribution in [0.25, 0.3) is 0 Å². The molecule has 0 saturated heterocycles. The first-order valence-corrected chi connectivity index (χ1v) is 7.69. The van der Waals surface area contributed by atoms with E-state index in [0.29, 0.717) is 19.4 Å². The van der Waals surface area contributed by atoms with E-state index in [-0.39, 0.29) is 35.5 Å². The first kappa shape index (κ1) is 20.7. The number of rotatable bonds is 8. The summed E-state index contributed by atoms with van der Waals surface area (Å²) >= 11 is 0. The molecule has 4 nitrogen and oxygen atoms in total. The van der Waals surface area contributed by atoms with Gasteiger partial charge in [0.2, 0.25) is 0 Å². The molecule has 0 N–H and O–H groups in total. The molecule has 1 saturated carbocycles. The summed E-state index contributed by atoms with van der Waals surface area (Å²) in [5.41, 5.74) is 0. The molecule has 0 aromatic carbocycles. The number of hydrogen-bond acceptors (Lipinski definition) is 4. The number of carboxylic acids is 1. The number of aliphatic carboxylic acids is 1. The third-order valence-electron chi connectivity index (χ3n) is 3.75.